The summed E-state index contributed by atoms with van der Waals surface area (Å²) in [6.45, 7) is 4.19. The number of benzene rings is 3. The van der Waals surface area contributed by atoms with Gasteiger partial charge in [-0.2, -0.15) is 5.10 Å². The van der Waals surface area contributed by atoms with Crippen LogP contribution in [-0.4, -0.2) is 86.5 Å². The number of rotatable bonds is 8. The maximum atomic E-state index is 15.1. The summed E-state index contributed by atoms with van der Waals surface area (Å²) in [7, 11) is 1.59. The molecular formula is C31H32FN5O5. The van der Waals surface area contributed by atoms with Crippen LogP contribution in [0.4, 0.5) is 14.9 Å². The Kier molecular flexibility index (Phi) is 8.66. The van der Waals surface area contributed by atoms with E-state index in [1.807, 2.05) is 34.2 Å². The highest BCUT2D eigenvalue weighted by Crippen LogP contribution is 2.29. The number of hydrogen-bond acceptors (Lipinski definition) is 7. The number of carbonyl (C=O) groups is 3. The van der Waals surface area contributed by atoms with Gasteiger partial charge in [0.05, 0.1) is 45.2 Å². The number of cyclic esters (lactones) is 1. The van der Waals surface area contributed by atoms with Crippen molar-refractivity contribution < 1.29 is 28.2 Å². The van der Waals surface area contributed by atoms with Crippen LogP contribution in [0, 0.1) is 5.82 Å². The van der Waals surface area contributed by atoms with Crippen molar-refractivity contribution in [1.29, 1.82) is 0 Å². The van der Waals surface area contributed by atoms with E-state index in [2.05, 4.69) is 10.4 Å². The third-order valence-electron chi connectivity index (χ3n) is 7.19. The summed E-state index contributed by atoms with van der Waals surface area (Å²) >= 11 is 0. The van der Waals surface area contributed by atoms with E-state index in [1.54, 1.807) is 49.7 Å². The molecule has 2 heterocycles. The molecule has 42 heavy (non-hydrogen) atoms. The zero-order valence-corrected chi connectivity index (χ0v) is 23.5. The number of carbonyl (C=O) groups excluding carboxylic acids is 3. The Hall–Kier alpha value is -4.93. The predicted molar refractivity (Wildman–Crippen MR) is 156 cm³/mol. The molecule has 5 rings (SSSR count). The van der Waals surface area contributed by atoms with Crippen molar-refractivity contribution >= 4 is 29.8 Å². The van der Waals surface area contributed by atoms with Gasteiger partial charge in [-0.1, -0.05) is 24.3 Å². The number of hydrazone groups is 1. The monoisotopic (exact) mass is 573 g/mol. The average molecular weight is 574 g/mol. The smallest absolute Gasteiger partial charge is 0.414 e. The Balaban J connectivity index is 1.15. The number of piperazine rings is 1. The summed E-state index contributed by atoms with van der Waals surface area (Å²) in [5.41, 5.74) is 2.97. The van der Waals surface area contributed by atoms with Crippen LogP contribution in [-0.2, 0) is 9.53 Å². The van der Waals surface area contributed by atoms with Crippen molar-refractivity contribution in [2.45, 2.75) is 13.0 Å². The summed E-state index contributed by atoms with van der Waals surface area (Å²) < 4.78 is 25.5. The van der Waals surface area contributed by atoms with Gasteiger partial charge >= 0.3 is 6.09 Å². The van der Waals surface area contributed by atoms with Gasteiger partial charge in [0.25, 0.3) is 5.91 Å². The minimum atomic E-state index is -0.577. The van der Waals surface area contributed by atoms with Crippen molar-refractivity contribution in [2.24, 2.45) is 5.10 Å². The Labute approximate surface area is 243 Å². The molecule has 2 fully saturated rings. The third kappa shape index (κ3) is 6.68. The molecule has 11 heteroatoms. The molecular weight excluding hydrogens is 541 g/mol. The van der Waals surface area contributed by atoms with Crippen molar-refractivity contribution in [1.82, 2.24) is 15.2 Å². The summed E-state index contributed by atoms with van der Waals surface area (Å²) in [5.74, 6) is 0.0229. The van der Waals surface area contributed by atoms with Crippen LogP contribution in [0.25, 0.3) is 11.1 Å². The molecule has 3 amide bonds. The van der Waals surface area contributed by atoms with Gasteiger partial charge in [-0.15, -0.1) is 0 Å². The van der Waals surface area contributed by atoms with Crippen molar-refractivity contribution in [2.75, 3.05) is 51.3 Å². The third-order valence-corrected chi connectivity index (χ3v) is 7.19. The van der Waals surface area contributed by atoms with Crippen molar-refractivity contribution in [3.05, 3.63) is 83.7 Å². The Morgan fingerprint density at radius 1 is 1.05 bits per heavy atom. The largest absolute Gasteiger partial charge is 0.497 e. The second-order valence-electron chi connectivity index (χ2n) is 10.1. The van der Waals surface area contributed by atoms with Crippen molar-refractivity contribution in [3.8, 4) is 16.9 Å². The van der Waals surface area contributed by atoms with E-state index in [9.17, 15) is 14.4 Å². The second kappa shape index (κ2) is 12.7. The molecule has 0 aliphatic carbocycles. The van der Waals surface area contributed by atoms with Crippen LogP contribution >= 0.6 is 0 Å². The number of nitrogens with one attached hydrogen (secondary N) is 1. The van der Waals surface area contributed by atoms with E-state index in [4.69, 9.17) is 9.47 Å². The molecule has 2 aliphatic heterocycles. The fourth-order valence-corrected chi connectivity index (χ4v) is 4.83. The molecule has 0 unspecified atom stereocenters. The fraction of sp³-hybridized carbons (Fsp3) is 0.290. The van der Waals surface area contributed by atoms with Crippen LogP contribution in [0.15, 0.2) is 71.8 Å². The van der Waals surface area contributed by atoms with Crippen molar-refractivity contribution in [3.63, 3.8) is 0 Å². The molecule has 0 saturated carbocycles. The first-order valence-corrected chi connectivity index (χ1v) is 13.7. The number of anilines is 1. The SMILES string of the molecule is COc1ccc(C(=O)N2CCN(/N=C/c3ccc(-c4ccc(N5C[C@H](CNC(C)=O)OC5=O)cc4F)cc3)CC2)cc1. The van der Waals surface area contributed by atoms with Crippen LogP contribution in [0.5, 0.6) is 5.75 Å². The fourth-order valence-electron chi connectivity index (χ4n) is 4.83. The van der Waals surface area contributed by atoms with E-state index in [0.717, 1.165) is 5.56 Å². The van der Waals surface area contributed by atoms with E-state index in [-0.39, 0.29) is 24.9 Å². The molecule has 10 nitrogen and oxygen atoms in total. The van der Waals surface area contributed by atoms with Gasteiger partial charge in [-0.05, 0) is 53.6 Å². The highest BCUT2D eigenvalue weighted by atomic mass is 19.1. The average Bonchev–Trinajstić information content (AvgIpc) is 3.39. The number of ether oxygens (including phenoxy) is 2. The first-order chi connectivity index (χ1) is 20.3. The normalized spacial score (nSPS) is 17.0. The first kappa shape index (κ1) is 28.6. The molecule has 218 valence electrons. The summed E-state index contributed by atoms with van der Waals surface area (Å²) in [6, 6.07) is 19.1. The summed E-state index contributed by atoms with van der Waals surface area (Å²) in [4.78, 5) is 39.3. The number of hydrogen-bond donors (Lipinski definition) is 1. The van der Waals surface area contributed by atoms with Gasteiger partial charge in [0.1, 0.15) is 17.7 Å². The maximum absolute atomic E-state index is 15.1. The van der Waals surface area contributed by atoms with E-state index < -0.39 is 18.0 Å². The van der Waals surface area contributed by atoms with Gasteiger partial charge in [-0.3, -0.25) is 19.5 Å². The van der Waals surface area contributed by atoms with Crippen LogP contribution < -0.4 is 15.0 Å². The number of methoxy groups -OCH3 is 1. The van der Waals surface area contributed by atoms with Gasteiger partial charge in [-0.25, -0.2) is 9.18 Å². The van der Waals surface area contributed by atoms with Gasteiger partial charge < -0.3 is 19.7 Å². The minimum absolute atomic E-state index is 0.0105. The summed E-state index contributed by atoms with van der Waals surface area (Å²) in [5, 5.41) is 9.11. The zero-order valence-electron chi connectivity index (χ0n) is 23.5. The second-order valence-corrected chi connectivity index (χ2v) is 10.1. The molecule has 2 saturated heterocycles. The predicted octanol–water partition coefficient (Wildman–Crippen LogP) is 3.75. The lowest BCUT2D eigenvalue weighted by Gasteiger charge is -2.33. The van der Waals surface area contributed by atoms with Crippen LogP contribution in [0.2, 0.25) is 0 Å². The lowest BCUT2D eigenvalue weighted by atomic mass is 10.0. The zero-order chi connectivity index (χ0) is 29.6. The molecule has 3 aromatic rings. The molecule has 0 bridgehead atoms. The Morgan fingerprint density at radius 3 is 2.40 bits per heavy atom. The number of halogens is 1. The minimum Gasteiger partial charge on any atom is -0.497 e. The quantitative estimate of drug-likeness (QED) is 0.412. The maximum Gasteiger partial charge on any atom is 0.414 e. The molecule has 0 aromatic heterocycles. The standard InChI is InChI=1S/C31H32FN5O5/c1-21(38)33-19-27-20-37(31(40)42-27)25-9-12-28(29(32)17-25)23-5-3-22(4-6-23)18-34-36-15-13-35(14-16-36)30(39)24-7-10-26(41-2)11-8-24/h3-12,17-18,27H,13-16,19-20H2,1-2H3,(H,33,38)/b34-18+/t27-/m0/s1. The van der Waals surface area contributed by atoms with E-state index >= 15 is 4.39 Å². The molecule has 1 N–H and O–H groups in total. The first-order valence-electron chi connectivity index (χ1n) is 13.7. The van der Waals surface area contributed by atoms with Gasteiger partial charge in [0, 0.05) is 31.1 Å². The highest BCUT2D eigenvalue weighted by Gasteiger charge is 2.32. The highest BCUT2D eigenvalue weighted by molar-refractivity contribution is 5.94. The molecule has 3 aromatic carbocycles. The Morgan fingerprint density at radius 2 is 1.76 bits per heavy atom. The van der Waals surface area contributed by atoms with E-state index in [1.165, 1.54) is 17.9 Å². The number of amides is 3. The van der Waals surface area contributed by atoms with E-state index in [0.29, 0.717) is 54.3 Å². The number of nitrogens with zero attached hydrogens (tertiary/aromatic N) is 4. The van der Waals surface area contributed by atoms with Crippen LogP contribution in [0.1, 0.15) is 22.8 Å². The Bertz CT molecular complexity index is 1470. The van der Waals surface area contributed by atoms with Crippen LogP contribution in [0.3, 0.4) is 0 Å². The molecule has 1 atom stereocenters. The topological polar surface area (TPSA) is 104 Å². The molecule has 2 aliphatic rings. The lowest BCUT2D eigenvalue weighted by molar-refractivity contribution is -0.119. The summed E-state index contributed by atoms with van der Waals surface area (Å²) in [6.07, 6.45) is 0.677. The molecule has 0 radical (unpaired) electrons. The van der Waals surface area contributed by atoms with Gasteiger partial charge in [0.2, 0.25) is 5.91 Å². The lowest BCUT2D eigenvalue weighted by Crippen LogP contribution is -2.46. The van der Waals surface area contributed by atoms with Gasteiger partial charge in [0.15, 0.2) is 0 Å². The molecule has 0 spiro atoms.